The molecule has 0 aromatic heterocycles. The van der Waals surface area contributed by atoms with Gasteiger partial charge in [-0.3, -0.25) is 9.69 Å². The number of carbonyl (C=O) groups is 2. The van der Waals surface area contributed by atoms with Crippen molar-refractivity contribution in [2.24, 2.45) is 5.92 Å². The van der Waals surface area contributed by atoms with Gasteiger partial charge in [-0.1, -0.05) is 32.0 Å². The van der Waals surface area contributed by atoms with Gasteiger partial charge in [0, 0.05) is 30.4 Å². The summed E-state index contributed by atoms with van der Waals surface area (Å²) in [4.78, 5) is 26.6. The Labute approximate surface area is 200 Å². The second kappa shape index (κ2) is 12.3. The van der Waals surface area contributed by atoms with Crippen LogP contribution in [0.2, 0.25) is 0 Å². The highest BCUT2D eigenvalue weighted by atomic mass is 16.5. The zero-order valence-corrected chi connectivity index (χ0v) is 19.8. The van der Waals surface area contributed by atoms with Gasteiger partial charge in [-0.25, -0.2) is 4.79 Å². The van der Waals surface area contributed by atoms with E-state index in [9.17, 15) is 9.59 Å². The Kier molecular flexibility index (Phi) is 8.91. The molecule has 0 saturated heterocycles. The van der Waals surface area contributed by atoms with E-state index < -0.39 is 0 Å². The lowest BCUT2D eigenvalue weighted by atomic mass is 10.2. The Morgan fingerprint density at radius 1 is 0.853 bits per heavy atom. The molecule has 3 aromatic rings. The Balaban J connectivity index is 1.70. The Bertz CT molecular complexity index is 1050. The summed E-state index contributed by atoms with van der Waals surface area (Å²) in [5.74, 6) is 2.05. The van der Waals surface area contributed by atoms with Crippen molar-refractivity contribution in [1.29, 1.82) is 0 Å². The number of rotatable bonds is 10. The van der Waals surface area contributed by atoms with E-state index in [0.29, 0.717) is 36.7 Å². The molecular formula is C27H31N3O4. The average molecular weight is 462 g/mol. The predicted octanol–water partition coefficient (Wildman–Crippen LogP) is 5.69. The molecule has 7 nitrogen and oxygen atoms in total. The molecule has 0 aliphatic heterocycles. The molecule has 3 amide bonds. The molecule has 7 heteroatoms. The maximum absolute atomic E-state index is 13.1. The van der Waals surface area contributed by atoms with Crippen molar-refractivity contribution in [1.82, 2.24) is 5.32 Å². The molecule has 0 spiro atoms. The Morgan fingerprint density at radius 3 is 2.09 bits per heavy atom. The Morgan fingerprint density at radius 2 is 1.47 bits per heavy atom. The minimum atomic E-state index is -0.267. The van der Waals surface area contributed by atoms with Crippen LogP contribution in [0.15, 0.2) is 78.9 Å². The number of urea groups is 1. The van der Waals surface area contributed by atoms with Crippen LogP contribution in [0.1, 0.15) is 20.3 Å². The molecular weight excluding hydrogens is 430 g/mol. The smallest absolute Gasteiger partial charge is 0.326 e. The van der Waals surface area contributed by atoms with Crippen LogP contribution in [-0.2, 0) is 4.79 Å². The summed E-state index contributed by atoms with van der Waals surface area (Å²) in [6, 6.07) is 23.7. The van der Waals surface area contributed by atoms with Crippen LogP contribution in [-0.4, -0.2) is 32.1 Å². The van der Waals surface area contributed by atoms with Crippen molar-refractivity contribution in [3.63, 3.8) is 0 Å². The van der Waals surface area contributed by atoms with Crippen molar-refractivity contribution < 1.29 is 19.1 Å². The zero-order chi connectivity index (χ0) is 24.3. The summed E-state index contributed by atoms with van der Waals surface area (Å²) in [5.41, 5.74) is 1.38. The standard InChI is InChI=1S/C27H31N3O4/c1-20(2)26(31)28-18-7-19-30(27(32)29-21-10-14-23(33-3)15-11-21)22-12-16-25(17-13-22)34-24-8-5-4-6-9-24/h4-6,8-17,20H,7,18-19H2,1-3H3,(H,28,31)(H,29,32). The second-order valence-electron chi connectivity index (χ2n) is 8.02. The van der Waals surface area contributed by atoms with E-state index in [1.807, 2.05) is 68.4 Å². The fourth-order valence-corrected chi connectivity index (χ4v) is 3.18. The molecule has 2 N–H and O–H groups in total. The molecule has 3 rings (SSSR count). The van der Waals surface area contributed by atoms with E-state index in [1.54, 1.807) is 36.3 Å². The van der Waals surface area contributed by atoms with Gasteiger partial charge in [0.05, 0.1) is 7.11 Å². The molecule has 0 bridgehead atoms. The molecule has 0 radical (unpaired) electrons. The number of carbonyl (C=O) groups excluding carboxylic acids is 2. The van der Waals surface area contributed by atoms with E-state index in [0.717, 1.165) is 11.4 Å². The molecule has 178 valence electrons. The quantitative estimate of drug-likeness (QED) is 0.380. The summed E-state index contributed by atoms with van der Waals surface area (Å²) in [5, 5.41) is 5.82. The molecule has 0 saturated carbocycles. The predicted molar refractivity (Wildman–Crippen MR) is 135 cm³/mol. The van der Waals surface area contributed by atoms with Crippen LogP contribution in [0, 0.1) is 5.92 Å². The van der Waals surface area contributed by atoms with E-state index >= 15 is 0 Å². The summed E-state index contributed by atoms with van der Waals surface area (Å²) in [7, 11) is 1.60. The molecule has 0 atom stereocenters. The highest BCUT2D eigenvalue weighted by Crippen LogP contribution is 2.25. The lowest BCUT2D eigenvalue weighted by molar-refractivity contribution is -0.123. The van der Waals surface area contributed by atoms with Gasteiger partial charge in [0.1, 0.15) is 17.2 Å². The van der Waals surface area contributed by atoms with Gasteiger partial charge in [0.2, 0.25) is 5.91 Å². The molecule has 0 fully saturated rings. The molecule has 0 aliphatic rings. The molecule has 0 aliphatic carbocycles. The van der Waals surface area contributed by atoms with Crippen molar-refractivity contribution >= 4 is 23.3 Å². The normalized spacial score (nSPS) is 10.5. The maximum atomic E-state index is 13.1. The summed E-state index contributed by atoms with van der Waals surface area (Å²) in [6.07, 6.45) is 0.608. The van der Waals surface area contributed by atoms with Crippen LogP contribution in [0.25, 0.3) is 0 Å². The summed E-state index contributed by atoms with van der Waals surface area (Å²) >= 11 is 0. The van der Waals surface area contributed by atoms with Gasteiger partial charge >= 0.3 is 6.03 Å². The average Bonchev–Trinajstić information content (AvgIpc) is 2.85. The van der Waals surface area contributed by atoms with Gasteiger partial charge in [-0.05, 0) is 67.1 Å². The van der Waals surface area contributed by atoms with Crippen LogP contribution in [0.5, 0.6) is 17.2 Å². The molecule has 34 heavy (non-hydrogen) atoms. The van der Waals surface area contributed by atoms with E-state index in [1.165, 1.54) is 0 Å². The van der Waals surface area contributed by atoms with E-state index in [4.69, 9.17) is 9.47 Å². The lowest BCUT2D eigenvalue weighted by Crippen LogP contribution is -2.38. The van der Waals surface area contributed by atoms with Crippen molar-refractivity contribution in [3.8, 4) is 17.2 Å². The Hall–Kier alpha value is -4.00. The fourth-order valence-electron chi connectivity index (χ4n) is 3.18. The first-order valence-electron chi connectivity index (χ1n) is 11.3. The minimum Gasteiger partial charge on any atom is -0.497 e. The first-order valence-corrected chi connectivity index (χ1v) is 11.3. The number of para-hydroxylation sites is 1. The van der Waals surface area contributed by atoms with Crippen molar-refractivity contribution in [3.05, 3.63) is 78.9 Å². The van der Waals surface area contributed by atoms with Gasteiger partial charge < -0.3 is 20.1 Å². The lowest BCUT2D eigenvalue weighted by Gasteiger charge is -2.24. The number of nitrogens with zero attached hydrogens (tertiary/aromatic N) is 1. The van der Waals surface area contributed by atoms with Crippen molar-refractivity contribution in [2.45, 2.75) is 20.3 Å². The highest BCUT2D eigenvalue weighted by molar-refractivity contribution is 6.01. The van der Waals surface area contributed by atoms with Crippen LogP contribution >= 0.6 is 0 Å². The molecule has 3 aromatic carbocycles. The number of amides is 3. The third kappa shape index (κ3) is 7.27. The van der Waals surface area contributed by atoms with Gasteiger partial charge in [0.25, 0.3) is 0 Å². The maximum Gasteiger partial charge on any atom is 0.326 e. The van der Waals surface area contributed by atoms with Crippen LogP contribution < -0.4 is 25.0 Å². The topological polar surface area (TPSA) is 79.9 Å². The van der Waals surface area contributed by atoms with E-state index in [2.05, 4.69) is 10.6 Å². The number of anilines is 2. The van der Waals surface area contributed by atoms with Crippen molar-refractivity contribution in [2.75, 3.05) is 30.4 Å². The SMILES string of the molecule is COc1ccc(NC(=O)N(CCCNC(=O)C(C)C)c2ccc(Oc3ccccc3)cc2)cc1. The summed E-state index contributed by atoms with van der Waals surface area (Å²) in [6.45, 7) is 4.61. The first kappa shape index (κ1) is 24.6. The minimum absolute atomic E-state index is 0.00310. The largest absolute Gasteiger partial charge is 0.497 e. The van der Waals surface area contributed by atoms with Gasteiger partial charge in [-0.2, -0.15) is 0 Å². The van der Waals surface area contributed by atoms with Gasteiger partial charge in [0.15, 0.2) is 0 Å². The zero-order valence-electron chi connectivity index (χ0n) is 19.8. The number of hydrogen-bond acceptors (Lipinski definition) is 4. The number of ether oxygens (including phenoxy) is 2. The van der Waals surface area contributed by atoms with Gasteiger partial charge in [-0.15, -0.1) is 0 Å². The summed E-state index contributed by atoms with van der Waals surface area (Å²) < 4.78 is 11.0. The second-order valence-corrected chi connectivity index (χ2v) is 8.02. The van der Waals surface area contributed by atoms with Crippen LogP contribution in [0.3, 0.4) is 0 Å². The highest BCUT2D eigenvalue weighted by Gasteiger charge is 2.17. The van der Waals surface area contributed by atoms with Crippen LogP contribution in [0.4, 0.5) is 16.2 Å². The fraction of sp³-hybridized carbons (Fsp3) is 0.259. The number of benzene rings is 3. The molecule has 0 heterocycles. The molecule has 0 unspecified atom stereocenters. The number of hydrogen-bond donors (Lipinski definition) is 2. The number of nitrogens with one attached hydrogen (secondary N) is 2. The monoisotopic (exact) mass is 461 g/mol. The number of methoxy groups -OCH3 is 1. The third-order valence-electron chi connectivity index (χ3n) is 5.10. The van der Waals surface area contributed by atoms with E-state index in [-0.39, 0.29) is 17.9 Å². The first-order chi connectivity index (χ1) is 16.5. The third-order valence-corrected chi connectivity index (χ3v) is 5.10.